The predicted octanol–water partition coefficient (Wildman–Crippen LogP) is -0.426. The molecule has 0 spiro atoms. The van der Waals surface area contributed by atoms with Crippen molar-refractivity contribution >= 4 is 5.91 Å². The van der Waals surface area contributed by atoms with E-state index in [2.05, 4.69) is 12.3 Å². The number of rotatable bonds is 2. The van der Waals surface area contributed by atoms with Crippen LogP contribution in [0.5, 0.6) is 0 Å². The summed E-state index contributed by atoms with van der Waals surface area (Å²) in [6.45, 7) is 6.40. The van der Waals surface area contributed by atoms with Crippen molar-refractivity contribution in [2.24, 2.45) is 0 Å². The third-order valence-corrected chi connectivity index (χ3v) is 1.52. The van der Waals surface area contributed by atoms with Crippen molar-refractivity contribution in [3.8, 4) is 0 Å². The zero-order valence-electron chi connectivity index (χ0n) is 6.51. The van der Waals surface area contributed by atoms with E-state index in [1.165, 1.54) is 0 Å². The van der Waals surface area contributed by atoms with Crippen molar-refractivity contribution in [2.75, 3.05) is 26.3 Å². The maximum atomic E-state index is 10.8. The minimum atomic E-state index is -0.0353. The molecule has 0 unspecified atom stereocenters. The zero-order valence-corrected chi connectivity index (χ0v) is 6.51. The predicted molar refractivity (Wildman–Crippen MR) is 40.5 cm³/mol. The van der Waals surface area contributed by atoms with Gasteiger partial charge in [0, 0.05) is 19.5 Å². The fourth-order valence-corrected chi connectivity index (χ4v) is 0.907. The second-order valence-electron chi connectivity index (χ2n) is 2.38. The Bertz CT molecular complexity index is 132. The number of hydrazine groups is 1. The summed E-state index contributed by atoms with van der Waals surface area (Å²) in [5, 5.41) is 1.86. The number of morpholine rings is 1. The van der Waals surface area contributed by atoms with E-state index in [1.54, 1.807) is 0 Å². The van der Waals surface area contributed by atoms with Crippen LogP contribution in [0.3, 0.4) is 0 Å². The van der Waals surface area contributed by atoms with Crippen molar-refractivity contribution < 1.29 is 9.53 Å². The first-order valence-corrected chi connectivity index (χ1v) is 3.74. The van der Waals surface area contributed by atoms with Gasteiger partial charge in [-0.1, -0.05) is 0 Å². The first-order chi connectivity index (χ1) is 5.33. The lowest BCUT2D eigenvalue weighted by atomic mass is 10.4. The van der Waals surface area contributed by atoms with Gasteiger partial charge in [-0.2, -0.15) is 0 Å². The summed E-state index contributed by atoms with van der Waals surface area (Å²) in [5.41, 5.74) is 2.72. The summed E-state index contributed by atoms with van der Waals surface area (Å²) in [6.07, 6.45) is 0.289. The Balaban J connectivity index is 2.19. The highest BCUT2D eigenvalue weighted by Gasteiger charge is 2.10. The maximum Gasteiger partial charge on any atom is 0.234 e. The van der Waals surface area contributed by atoms with E-state index in [0.29, 0.717) is 13.2 Å². The SMILES string of the molecule is [CH2]CC(=O)NN1CCOCC1. The zero-order chi connectivity index (χ0) is 8.10. The van der Waals surface area contributed by atoms with E-state index in [1.807, 2.05) is 5.01 Å². The van der Waals surface area contributed by atoms with Crippen LogP contribution in [0.1, 0.15) is 6.42 Å². The van der Waals surface area contributed by atoms with Crippen LogP contribution in [0.4, 0.5) is 0 Å². The molecule has 1 N–H and O–H groups in total. The second kappa shape index (κ2) is 4.31. The molecule has 1 amide bonds. The lowest BCUT2D eigenvalue weighted by Crippen LogP contribution is -2.48. The lowest BCUT2D eigenvalue weighted by Gasteiger charge is -2.26. The quantitative estimate of drug-likeness (QED) is 0.591. The van der Waals surface area contributed by atoms with Crippen LogP contribution in [-0.4, -0.2) is 37.2 Å². The number of carbonyl (C=O) groups excluding carboxylic acids is 1. The monoisotopic (exact) mass is 157 g/mol. The molecule has 0 aromatic rings. The van der Waals surface area contributed by atoms with Gasteiger partial charge in [0.15, 0.2) is 0 Å². The molecule has 0 aromatic heterocycles. The van der Waals surface area contributed by atoms with E-state index < -0.39 is 0 Å². The molecule has 4 nitrogen and oxygen atoms in total. The molecule has 4 heteroatoms. The van der Waals surface area contributed by atoms with Gasteiger partial charge in [-0.05, 0) is 6.92 Å². The molecule has 1 fully saturated rings. The number of nitrogens with zero attached hydrogens (tertiary/aromatic N) is 1. The Morgan fingerprint density at radius 2 is 2.18 bits per heavy atom. The van der Waals surface area contributed by atoms with Crippen molar-refractivity contribution in [3.63, 3.8) is 0 Å². The van der Waals surface area contributed by atoms with Gasteiger partial charge < -0.3 is 4.74 Å². The fourth-order valence-electron chi connectivity index (χ4n) is 0.907. The molecule has 1 aliphatic heterocycles. The molecule has 11 heavy (non-hydrogen) atoms. The van der Waals surface area contributed by atoms with Gasteiger partial charge in [0.25, 0.3) is 0 Å². The van der Waals surface area contributed by atoms with Crippen LogP contribution in [0, 0.1) is 6.92 Å². The summed E-state index contributed by atoms with van der Waals surface area (Å²) in [7, 11) is 0. The molecule has 1 radical (unpaired) electrons. The Labute approximate surface area is 66.5 Å². The molecule has 1 saturated heterocycles. The molecule has 0 saturated carbocycles. The molecule has 0 aromatic carbocycles. The summed E-state index contributed by atoms with van der Waals surface area (Å²) in [6, 6.07) is 0. The topological polar surface area (TPSA) is 41.6 Å². The molecular formula is C7H13N2O2. The van der Waals surface area contributed by atoms with E-state index in [0.717, 1.165) is 13.1 Å². The van der Waals surface area contributed by atoms with Crippen LogP contribution in [0.25, 0.3) is 0 Å². The summed E-state index contributed by atoms with van der Waals surface area (Å²) < 4.78 is 5.11. The molecule has 1 aliphatic rings. The van der Waals surface area contributed by atoms with Crippen LogP contribution in [-0.2, 0) is 9.53 Å². The number of carbonyl (C=O) groups is 1. The van der Waals surface area contributed by atoms with Crippen LogP contribution >= 0.6 is 0 Å². The molecule has 63 valence electrons. The average molecular weight is 157 g/mol. The second-order valence-corrected chi connectivity index (χ2v) is 2.38. The van der Waals surface area contributed by atoms with Crippen molar-refractivity contribution in [1.29, 1.82) is 0 Å². The molecule has 0 aliphatic carbocycles. The Morgan fingerprint density at radius 3 is 2.73 bits per heavy atom. The molecule has 0 bridgehead atoms. The van der Waals surface area contributed by atoms with Crippen molar-refractivity contribution in [1.82, 2.24) is 10.4 Å². The Kier molecular flexibility index (Phi) is 3.32. The van der Waals surface area contributed by atoms with Gasteiger partial charge in [0.2, 0.25) is 5.91 Å². The highest BCUT2D eigenvalue weighted by Crippen LogP contribution is 1.92. The normalized spacial score (nSPS) is 19.7. The van der Waals surface area contributed by atoms with Gasteiger partial charge in [0.05, 0.1) is 13.2 Å². The molecule has 0 atom stereocenters. The number of hydrogen-bond acceptors (Lipinski definition) is 3. The Hall–Kier alpha value is -0.610. The van der Waals surface area contributed by atoms with E-state index in [4.69, 9.17) is 4.74 Å². The Morgan fingerprint density at radius 1 is 1.55 bits per heavy atom. The highest BCUT2D eigenvalue weighted by molar-refractivity contribution is 5.75. The number of ether oxygens (including phenoxy) is 1. The number of hydrogen-bond donors (Lipinski definition) is 1. The summed E-state index contributed by atoms with van der Waals surface area (Å²) in [4.78, 5) is 10.8. The average Bonchev–Trinajstić information content (AvgIpc) is 2.06. The van der Waals surface area contributed by atoms with Crippen LogP contribution in [0.15, 0.2) is 0 Å². The molecular weight excluding hydrogens is 144 g/mol. The van der Waals surface area contributed by atoms with E-state index >= 15 is 0 Å². The fraction of sp³-hybridized carbons (Fsp3) is 0.714. The molecule has 1 heterocycles. The van der Waals surface area contributed by atoms with Crippen molar-refractivity contribution in [3.05, 3.63) is 6.92 Å². The first kappa shape index (κ1) is 8.49. The van der Waals surface area contributed by atoms with Gasteiger partial charge in [-0.15, -0.1) is 0 Å². The van der Waals surface area contributed by atoms with Crippen LogP contribution < -0.4 is 5.43 Å². The summed E-state index contributed by atoms with van der Waals surface area (Å²) in [5.74, 6) is -0.0353. The minimum Gasteiger partial charge on any atom is -0.379 e. The minimum absolute atomic E-state index is 0.0353. The number of nitrogens with one attached hydrogen (secondary N) is 1. The van der Waals surface area contributed by atoms with Gasteiger partial charge in [-0.25, -0.2) is 5.01 Å². The van der Waals surface area contributed by atoms with Gasteiger partial charge in [0.1, 0.15) is 0 Å². The smallest absolute Gasteiger partial charge is 0.234 e. The van der Waals surface area contributed by atoms with Crippen molar-refractivity contribution in [2.45, 2.75) is 6.42 Å². The summed E-state index contributed by atoms with van der Waals surface area (Å²) >= 11 is 0. The largest absolute Gasteiger partial charge is 0.379 e. The molecule has 1 rings (SSSR count). The van der Waals surface area contributed by atoms with E-state index in [9.17, 15) is 4.79 Å². The first-order valence-electron chi connectivity index (χ1n) is 3.74. The van der Waals surface area contributed by atoms with Gasteiger partial charge >= 0.3 is 0 Å². The highest BCUT2D eigenvalue weighted by atomic mass is 16.5. The maximum absolute atomic E-state index is 10.8. The third-order valence-electron chi connectivity index (χ3n) is 1.52. The lowest BCUT2D eigenvalue weighted by molar-refractivity contribution is -0.127. The van der Waals surface area contributed by atoms with Gasteiger partial charge in [-0.3, -0.25) is 10.2 Å². The van der Waals surface area contributed by atoms with Crippen LogP contribution in [0.2, 0.25) is 0 Å². The number of amides is 1. The standard InChI is InChI=1S/C7H13N2O2/c1-2-7(10)8-9-3-5-11-6-4-9/h1-6H2,(H,8,10). The van der Waals surface area contributed by atoms with E-state index in [-0.39, 0.29) is 12.3 Å². The third kappa shape index (κ3) is 2.86.